The molecule has 8 heteroatoms. The number of benzene rings is 1. The van der Waals surface area contributed by atoms with Crippen molar-refractivity contribution in [2.24, 2.45) is 0 Å². The lowest BCUT2D eigenvalue weighted by Gasteiger charge is -2.39. The fourth-order valence-corrected chi connectivity index (χ4v) is 4.81. The van der Waals surface area contributed by atoms with Crippen LogP contribution in [-0.2, 0) is 14.3 Å². The molecule has 3 aliphatic rings. The molecule has 0 radical (unpaired) electrons. The number of hydrogen-bond acceptors (Lipinski definition) is 5. The molecule has 7 nitrogen and oxygen atoms in total. The van der Waals surface area contributed by atoms with Crippen LogP contribution in [-0.4, -0.2) is 72.3 Å². The second kappa shape index (κ2) is 6.50. The fourth-order valence-electron chi connectivity index (χ4n) is 3.88. The number of fused-ring (bicyclic) bond motifs is 1. The Hall–Kier alpha value is -2.22. The van der Waals surface area contributed by atoms with E-state index in [1.165, 1.54) is 11.8 Å². The fraction of sp³-hybridized carbons (Fsp3) is 0.500. The van der Waals surface area contributed by atoms with Crippen molar-refractivity contribution < 1.29 is 19.1 Å². The third kappa shape index (κ3) is 3.02. The summed E-state index contributed by atoms with van der Waals surface area (Å²) >= 11 is 1.50. The molecule has 3 aliphatic heterocycles. The zero-order chi connectivity index (χ0) is 18.3. The Kier molecular flexibility index (Phi) is 4.30. The van der Waals surface area contributed by atoms with Crippen molar-refractivity contribution in [3.05, 3.63) is 24.3 Å². The molecule has 0 saturated carbocycles. The molecule has 0 aromatic heterocycles. The lowest BCUT2D eigenvalue weighted by Crippen LogP contribution is -2.55. The summed E-state index contributed by atoms with van der Waals surface area (Å²) in [5.74, 6) is 0.182. The van der Waals surface area contributed by atoms with Crippen LogP contribution in [0.3, 0.4) is 0 Å². The first-order chi connectivity index (χ1) is 12.5. The minimum Gasteiger partial charge on any atom is -0.439 e. The highest BCUT2D eigenvalue weighted by Gasteiger charge is 2.47. The van der Waals surface area contributed by atoms with Gasteiger partial charge in [0, 0.05) is 18.5 Å². The van der Waals surface area contributed by atoms with Gasteiger partial charge in [-0.25, -0.2) is 4.79 Å². The Bertz CT molecular complexity index is 771. The molecule has 2 saturated heterocycles. The summed E-state index contributed by atoms with van der Waals surface area (Å²) in [7, 11) is 1.71. The van der Waals surface area contributed by atoms with Crippen molar-refractivity contribution >= 4 is 35.4 Å². The van der Waals surface area contributed by atoms with Gasteiger partial charge in [-0.05, 0) is 25.0 Å². The largest absolute Gasteiger partial charge is 0.439 e. The van der Waals surface area contributed by atoms with Gasteiger partial charge in [-0.3, -0.25) is 9.59 Å². The average molecular weight is 375 g/mol. The molecule has 26 heavy (non-hydrogen) atoms. The molecule has 4 rings (SSSR count). The molecule has 1 atom stereocenters. The van der Waals surface area contributed by atoms with E-state index in [1.807, 2.05) is 24.3 Å². The van der Waals surface area contributed by atoms with E-state index in [0.29, 0.717) is 25.4 Å². The molecular formula is C18H21N3O4S. The van der Waals surface area contributed by atoms with E-state index >= 15 is 0 Å². The first kappa shape index (κ1) is 17.2. The number of nitrogens with zero attached hydrogens (tertiary/aromatic N) is 3. The van der Waals surface area contributed by atoms with Gasteiger partial charge < -0.3 is 19.4 Å². The number of thioether (sulfide) groups is 1. The smallest absolute Gasteiger partial charge is 0.410 e. The van der Waals surface area contributed by atoms with Crippen molar-refractivity contribution in [2.45, 2.75) is 23.3 Å². The number of rotatable bonds is 2. The minimum atomic E-state index is -0.612. The molecule has 2 fully saturated rings. The third-order valence-corrected chi connectivity index (χ3v) is 6.18. The van der Waals surface area contributed by atoms with E-state index in [1.54, 1.807) is 21.7 Å². The average Bonchev–Trinajstić information content (AvgIpc) is 2.90. The number of carbonyl (C=O) groups is 3. The monoisotopic (exact) mass is 375 g/mol. The van der Waals surface area contributed by atoms with Crippen molar-refractivity contribution in [2.75, 3.05) is 43.9 Å². The van der Waals surface area contributed by atoms with E-state index in [0.717, 1.165) is 23.4 Å². The van der Waals surface area contributed by atoms with Crippen LogP contribution in [0.15, 0.2) is 29.2 Å². The third-order valence-electron chi connectivity index (χ3n) is 5.13. The summed E-state index contributed by atoms with van der Waals surface area (Å²) in [5.41, 5.74) is 0.181. The summed E-state index contributed by atoms with van der Waals surface area (Å²) in [6.07, 6.45) is 1.21. The highest BCUT2D eigenvalue weighted by Crippen LogP contribution is 2.35. The number of ether oxygens (including phenoxy) is 1. The maximum Gasteiger partial charge on any atom is 0.410 e. The molecule has 3 amide bonds. The van der Waals surface area contributed by atoms with Crippen LogP contribution < -0.4 is 4.90 Å². The first-order valence-corrected chi connectivity index (χ1v) is 9.70. The van der Waals surface area contributed by atoms with Gasteiger partial charge in [-0.15, -0.1) is 11.8 Å². The van der Waals surface area contributed by atoms with E-state index in [9.17, 15) is 14.4 Å². The number of amides is 3. The molecule has 0 bridgehead atoms. The van der Waals surface area contributed by atoms with Gasteiger partial charge in [0.25, 0.3) is 0 Å². The first-order valence-electron chi connectivity index (χ1n) is 8.72. The summed E-state index contributed by atoms with van der Waals surface area (Å²) in [6.45, 7) is 1.54. The van der Waals surface area contributed by atoms with E-state index < -0.39 is 5.60 Å². The molecule has 1 aromatic carbocycles. The number of hydrogen-bond donors (Lipinski definition) is 0. The summed E-state index contributed by atoms with van der Waals surface area (Å²) in [6, 6.07) is 7.64. The molecule has 0 aliphatic carbocycles. The normalized spacial score (nSPS) is 25.5. The van der Waals surface area contributed by atoms with Gasteiger partial charge in [0.05, 0.1) is 24.5 Å². The van der Waals surface area contributed by atoms with Gasteiger partial charge in [0.1, 0.15) is 12.1 Å². The van der Waals surface area contributed by atoms with Crippen LogP contribution in [0.4, 0.5) is 10.5 Å². The number of likely N-dealkylation sites (N-methyl/N-ethyl adjacent to an activating group) is 1. The highest BCUT2D eigenvalue weighted by atomic mass is 32.2. The van der Waals surface area contributed by atoms with Crippen LogP contribution in [0.2, 0.25) is 0 Å². The Morgan fingerprint density at radius 2 is 2.08 bits per heavy atom. The second-order valence-corrected chi connectivity index (χ2v) is 8.08. The van der Waals surface area contributed by atoms with Gasteiger partial charge in [0.2, 0.25) is 11.8 Å². The number of para-hydroxylation sites is 1. The maximum absolute atomic E-state index is 12.9. The van der Waals surface area contributed by atoms with Crippen LogP contribution >= 0.6 is 11.8 Å². The molecular weight excluding hydrogens is 354 g/mol. The predicted molar refractivity (Wildman–Crippen MR) is 97.2 cm³/mol. The van der Waals surface area contributed by atoms with Gasteiger partial charge in [-0.1, -0.05) is 12.1 Å². The van der Waals surface area contributed by atoms with Gasteiger partial charge in [-0.2, -0.15) is 0 Å². The van der Waals surface area contributed by atoms with Crippen molar-refractivity contribution in [1.82, 2.24) is 9.80 Å². The highest BCUT2D eigenvalue weighted by molar-refractivity contribution is 8.00. The molecule has 0 N–H and O–H groups in total. The molecule has 1 spiro atoms. The van der Waals surface area contributed by atoms with E-state index in [-0.39, 0.29) is 24.5 Å². The van der Waals surface area contributed by atoms with Gasteiger partial charge >= 0.3 is 6.09 Å². The number of anilines is 1. The van der Waals surface area contributed by atoms with Gasteiger partial charge in [0.15, 0.2) is 0 Å². The quantitative estimate of drug-likeness (QED) is 0.785. The summed E-state index contributed by atoms with van der Waals surface area (Å²) in [4.78, 5) is 42.9. The zero-order valence-corrected chi connectivity index (χ0v) is 15.5. The lowest BCUT2D eigenvalue weighted by atomic mass is 9.92. The van der Waals surface area contributed by atoms with Crippen LogP contribution in [0, 0.1) is 0 Å². The predicted octanol–water partition coefficient (Wildman–Crippen LogP) is 1.57. The van der Waals surface area contributed by atoms with Crippen molar-refractivity contribution in [3.63, 3.8) is 0 Å². The topological polar surface area (TPSA) is 70.2 Å². The van der Waals surface area contributed by atoms with E-state index in [2.05, 4.69) is 0 Å². The van der Waals surface area contributed by atoms with Crippen LogP contribution in [0.1, 0.15) is 12.8 Å². The summed E-state index contributed by atoms with van der Waals surface area (Å²) < 4.78 is 5.56. The number of piperidine rings is 1. The Balaban J connectivity index is 1.48. The Labute approximate surface area is 156 Å². The van der Waals surface area contributed by atoms with Crippen molar-refractivity contribution in [3.8, 4) is 0 Å². The molecule has 3 heterocycles. The summed E-state index contributed by atoms with van der Waals surface area (Å²) in [5, 5.41) is 0. The molecule has 1 aromatic rings. The number of likely N-dealkylation sites (tertiary alicyclic amines) is 1. The molecule has 138 valence electrons. The standard InChI is InChI=1S/C18H21N3O4S/c1-19-11-18(25-17(19)24)7-4-8-20(12-18)15(22)9-21-13-5-2-3-6-14(13)26-10-16(21)23/h2-3,5-6H,4,7-12H2,1H3. The maximum atomic E-state index is 12.9. The SMILES string of the molecule is CN1CC2(CCCN(C(=O)CN3C(=O)CSc4ccccc43)C2)OC1=O. The second-order valence-electron chi connectivity index (χ2n) is 7.06. The van der Waals surface area contributed by atoms with E-state index in [4.69, 9.17) is 4.74 Å². The van der Waals surface area contributed by atoms with Crippen molar-refractivity contribution in [1.29, 1.82) is 0 Å². The molecule has 1 unspecified atom stereocenters. The Morgan fingerprint density at radius 3 is 2.85 bits per heavy atom. The Morgan fingerprint density at radius 1 is 1.27 bits per heavy atom. The van der Waals surface area contributed by atoms with Crippen LogP contribution in [0.5, 0.6) is 0 Å². The van der Waals surface area contributed by atoms with Crippen LogP contribution in [0.25, 0.3) is 0 Å². The number of carbonyl (C=O) groups excluding carboxylic acids is 3. The zero-order valence-electron chi connectivity index (χ0n) is 14.6. The minimum absolute atomic E-state index is 0.0241. The lowest BCUT2D eigenvalue weighted by molar-refractivity contribution is -0.136.